The van der Waals surface area contributed by atoms with E-state index in [1.807, 2.05) is 0 Å². The Morgan fingerprint density at radius 3 is 2.92 bits per heavy atom. The summed E-state index contributed by atoms with van der Waals surface area (Å²) in [6.45, 7) is 5.63. The smallest absolute Gasteiger partial charge is 0.214 e. The van der Waals surface area contributed by atoms with Gasteiger partial charge in [-0.3, -0.25) is 4.90 Å². The number of benzene rings is 1. The van der Waals surface area contributed by atoms with Crippen molar-refractivity contribution < 1.29 is 13.2 Å². The van der Waals surface area contributed by atoms with Crippen LogP contribution in [0, 0.1) is 18.8 Å². The Bertz CT molecular complexity index is 807. The van der Waals surface area contributed by atoms with Crippen molar-refractivity contribution in [2.45, 2.75) is 56.1 Å². The molecule has 0 radical (unpaired) electrons. The van der Waals surface area contributed by atoms with Crippen molar-refractivity contribution >= 4 is 10.0 Å². The Balaban J connectivity index is 1.27. The van der Waals surface area contributed by atoms with Gasteiger partial charge in [0.2, 0.25) is 10.0 Å². The molecule has 3 aliphatic heterocycles. The van der Waals surface area contributed by atoms with Gasteiger partial charge in [0, 0.05) is 38.0 Å². The predicted molar refractivity (Wildman–Crippen MR) is 100 cm³/mol. The normalized spacial score (nSPS) is 36.6. The summed E-state index contributed by atoms with van der Waals surface area (Å²) in [5.74, 6) is 0.771. The van der Waals surface area contributed by atoms with Crippen LogP contribution < -0.4 is 4.72 Å². The molecule has 4 aliphatic rings. The van der Waals surface area contributed by atoms with E-state index in [1.54, 1.807) is 0 Å². The lowest BCUT2D eigenvalue weighted by atomic mass is 9.74. The number of sulfonamides is 1. The van der Waals surface area contributed by atoms with Gasteiger partial charge in [-0.1, -0.05) is 29.8 Å². The molecule has 5 rings (SSSR count). The van der Waals surface area contributed by atoms with Gasteiger partial charge in [0.15, 0.2) is 0 Å². The van der Waals surface area contributed by atoms with Crippen LogP contribution in [0.2, 0.25) is 0 Å². The Labute approximate surface area is 156 Å². The zero-order valence-corrected chi connectivity index (χ0v) is 16.2. The maximum absolute atomic E-state index is 12.2. The van der Waals surface area contributed by atoms with E-state index in [-0.39, 0.29) is 17.0 Å². The van der Waals surface area contributed by atoms with Crippen molar-refractivity contribution in [2.75, 3.05) is 19.6 Å². The first-order valence-electron chi connectivity index (χ1n) is 9.89. The minimum absolute atomic E-state index is 0.0375. The highest BCUT2D eigenvalue weighted by Crippen LogP contribution is 2.54. The first kappa shape index (κ1) is 17.2. The molecule has 3 heterocycles. The first-order valence-corrected chi connectivity index (χ1v) is 11.4. The Morgan fingerprint density at radius 2 is 2.15 bits per heavy atom. The molecule has 1 aromatic carbocycles. The van der Waals surface area contributed by atoms with Gasteiger partial charge in [0.05, 0.1) is 17.0 Å². The standard InChI is InChI=1S/C20H28N2O3S/c1-14-3-2-4-15(9-14)11-22-12-18-17(10-21-26(23,24)16-5-6-16)19-7-8-20(18,13-22)25-19/h2-4,9,16-19,21H,5-8,10-13H2,1H3/t17-,18+,19+,20+/m0/s1. The molecule has 0 aromatic heterocycles. The van der Waals surface area contributed by atoms with Crippen LogP contribution in [0.4, 0.5) is 0 Å². The summed E-state index contributed by atoms with van der Waals surface area (Å²) in [6, 6.07) is 8.70. The summed E-state index contributed by atoms with van der Waals surface area (Å²) in [5, 5.41) is -0.141. The molecule has 3 saturated heterocycles. The maximum Gasteiger partial charge on any atom is 0.214 e. The van der Waals surface area contributed by atoms with Gasteiger partial charge in [-0.15, -0.1) is 0 Å². The number of fused-ring (bicyclic) bond motifs is 1. The molecule has 1 aliphatic carbocycles. The maximum atomic E-state index is 12.2. The highest BCUT2D eigenvalue weighted by molar-refractivity contribution is 7.90. The van der Waals surface area contributed by atoms with Crippen LogP contribution >= 0.6 is 0 Å². The molecule has 2 bridgehead atoms. The molecule has 1 N–H and O–H groups in total. The molecule has 26 heavy (non-hydrogen) atoms. The fourth-order valence-electron chi connectivity index (χ4n) is 5.46. The summed E-state index contributed by atoms with van der Waals surface area (Å²) in [7, 11) is -3.11. The van der Waals surface area contributed by atoms with E-state index >= 15 is 0 Å². The lowest BCUT2D eigenvalue weighted by Crippen LogP contribution is -2.42. The topological polar surface area (TPSA) is 58.6 Å². The highest BCUT2D eigenvalue weighted by Gasteiger charge is 2.62. The monoisotopic (exact) mass is 376 g/mol. The van der Waals surface area contributed by atoms with Crippen LogP contribution in [0.1, 0.15) is 36.8 Å². The van der Waals surface area contributed by atoms with E-state index in [9.17, 15) is 8.42 Å². The molecule has 1 aromatic rings. The molecule has 0 unspecified atom stereocenters. The second kappa shape index (κ2) is 6.03. The van der Waals surface area contributed by atoms with Gasteiger partial charge in [0.1, 0.15) is 0 Å². The van der Waals surface area contributed by atoms with Gasteiger partial charge in [-0.25, -0.2) is 13.1 Å². The lowest BCUT2D eigenvalue weighted by Gasteiger charge is -2.29. The fraction of sp³-hybridized carbons (Fsp3) is 0.700. The van der Waals surface area contributed by atoms with Gasteiger partial charge >= 0.3 is 0 Å². The summed E-state index contributed by atoms with van der Waals surface area (Å²) < 4.78 is 33.8. The predicted octanol–water partition coefficient (Wildman–Crippen LogP) is 2.06. The van der Waals surface area contributed by atoms with Gasteiger partial charge in [0.25, 0.3) is 0 Å². The van der Waals surface area contributed by atoms with E-state index in [0.29, 0.717) is 18.4 Å². The highest BCUT2D eigenvalue weighted by atomic mass is 32.2. The van der Waals surface area contributed by atoms with Gasteiger partial charge in [-0.2, -0.15) is 0 Å². The zero-order chi connectivity index (χ0) is 17.9. The summed E-state index contributed by atoms with van der Waals surface area (Å²) in [5.41, 5.74) is 2.61. The molecular weight excluding hydrogens is 348 g/mol. The molecule has 0 amide bonds. The van der Waals surface area contributed by atoms with E-state index in [4.69, 9.17) is 4.74 Å². The molecule has 4 fully saturated rings. The Morgan fingerprint density at radius 1 is 1.31 bits per heavy atom. The molecule has 1 saturated carbocycles. The van der Waals surface area contributed by atoms with E-state index in [2.05, 4.69) is 40.8 Å². The average Bonchev–Trinajstić information content (AvgIpc) is 3.22. The third-order valence-corrected chi connectivity index (χ3v) is 8.74. The van der Waals surface area contributed by atoms with E-state index in [0.717, 1.165) is 45.3 Å². The fourth-order valence-corrected chi connectivity index (χ4v) is 6.87. The largest absolute Gasteiger partial charge is 0.370 e. The van der Waals surface area contributed by atoms with Crippen LogP contribution in [0.25, 0.3) is 0 Å². The van der Waals surface area contributed by atoms with Crippen molar-refractivity contribution in [3.05, 3.63) is 35.4 Å². The molecule has 4 atom stereocenters. The number of rotatable bonds is 6. The number of nitrogens with zero attached hydrogens (tertiary/aromatic N) is 1. The van der Waals surface area contributed by atoms with Crippen molar-refractivity contribution in [3.8, 4) is 0 Å². The van der Waals surface area contributed by atoms with Gasteiger partial charge < -0.3 is 4.74 Å². The van der Waals surface area contributed by atoms with Crippen LogP contribution in [0.15, 0.2) is 24.3 Å². The minimum atomic E-state index is -3.11. The van der Waals surface area contributed by atoms with Crippen LogP contribution in [0.3, 0.4) is 0 Å². The molecular formula is C20H28N2O3S. The van der Waals surface area contributed by atoms with E-state index < -0.39 is 10.0 Å². The van der Waals surface area contributed by atoms with Crippen molar-refractivity contribution in [2.24, 2.45) is 11.8 Å². The van der Waals surface area contributed by atoms with E-state index in [1.165, 1.54) is 11.1 Å². The number of ether oxygens (including phenoxy) is 1. The number of aryl methyl sites for hydroxylation is 1. The average molecular weight is 377 g/mol. The molecule has 5 nitrogen and oxygen atoms in total. The second-order valence-electron chi connectivity index (χ2n) is 8.78. The number of hydrogen-bond acceptors (Lipinski definition) is 4. The molecule has 1 spiro atoms. The summed E-state index contributed by atoms with van der Waals surface area (Å²) in [4.78, 5) is 2.50. The quantitative estimate of drug-likeness (QED) is 0.826. The van der Waals surface area contributed by atoms with Gasteiger partial charge in [-0.05, 0) is 38.2 Å². The number of hydrogen-bond donors (Lipinski definition) is 1. The van der Waals surface area contributed by atoms with Crippen LogP contribution in [-0.4, -0.2) is 49.9 Å². The Kier molecular flexibility index (Phi) is 3.98. The van der Waals surface area contributed by atoms with Crippen LogP contribution in [0.5, 0.6) is 0 Å². The second-order valence-corrected chi connectivity index (χ2v) is 10.8. The van der Waals surface area contributed by atoms with Crippen molar-refractivity contribution in [1.82, 2.24) is 9.62 Å². The van der Waals surface area contributed by atoms with Crippen molar-refractivity contribution in [3.63, 3.8) is 0 Å². The zero-order valence-electron chi connectivity index (χ0n) is 15.4. The molecule has 142 valence electrons. The lowest BCUT2D eigenvalue weighted by molar-refractivity contribution is 0.00220. The Hall–Kier alpha value is -0.950. The summed E-state index contributed by atoms with van der Waals surface area (Å²) in [6.07, 6.45) is 4.07. The third-order valence-electron chi connectivity index (χ3n) is 6.83. The third kappa shape index (κ3) is 2.91. The van der Waals surface area contributed by atoms with Crippen LogP contribution in [-0.2, 0) is 21.3 Å². The summed E-state index contributed by atoms with van der Waals surface area (Å²) >= 11 is 0. The number of likely N-dealkylation sites (tertiary alicyclic amines) is 1. The first-order chi connectivity index (χ1) is 12.5. The number of nitrogens with one attached hydrogen (secondary N) is 1. The van der Waals surface area contributed by atoms with Crippen molar-refractivity contribution in [1.29, 1.82) is 0 Å². The molecule has 6 heteroatoms. The minimum Gasteiger partial charge on any atom is -0.370 e. The SMILES string of the molecule is Cc1cccc(CN2C[C@@H]3[C@H](CNS(=O)(=O)C4CC4)[C@H]4CC[C@]3(C2)O4)c1.